The molecule has 0 saturated carbocycles. The number of methoxy groups -OCH3 is 2. The molecule has 0 radical (unpaired) electrons. The number of ether oxygens (including phenoxy) is 2. The summed E-state index contributed by atoms with van der Waals surface area (Å²) in [5, 5.41) is 0. The van der Waals surface area contributed by atoms with E-state index in [4.69, 9.17) is 9.47 Å². The molecule has 136 valence electrons. The van der Waals surface area contributed by atoms with Gasteiger partial charge in [-0.2, -0.15) is 0 Å². The van der Waals surface area contributed by atoms with Crippen LogP contribution in [0.5, 0.6) is 11.5 Å². The monoisotopic (exact) mass is 350 g/mol. The van der Waals surface area contributed by atoms with Gasteiger partial charge < -0.3 is 9.47 Å². The van der Waals surface area contributed by atoms with Crippen LogP contribution in [-0.4, -0.2) is 20.0 Å². The van der Waals surface area contributed by atoms with Crippen molar-refractivity contribution in [2.75, 3.05) is 14.2 Å². The van der Waals surface area contributed by atoms with E-state index in [9.17, 15) is 4.79 Å². The third-order valence-electron chi connectivity index (χ3n) is 4.68. The van der Waals surface area contributed by atoms with Gasteiger partial charge in [0.05, 0.1) is 25.0 Å². The highest BCUT2D eigenvalue weighted by atomic mass is 16.5. The van der Waals surface area contributed by atoms with Crippen molar-refractivity contribution >= 4 is 5.78 Å². The number of ketones is 1. The van der Waals surface area contributed by atoms with Gasteiger partial charge in [-0.25, -0.2) is 0 Å². The maximum Gasteiger partial charge on any atom is 0.215 e. The van der Waals surface area contributed by atoms with Crippen molar-refractivity contribution in [2.45, 2.75) is 38.5 Å². The Kier molecular flexibility index (Phi) is 5.77. The quantitative estimate of drug-likeness (QED) is 0.587. The Bertz CT molecular complexity index is 816. The van der Waals surface area contributed by atoms with Crippen LogP contribution in [0.4, 0.5) is 0 Å². The second kappa shape index (κ2) is 7.66. The molecule has 0 fully saturated rings. The molecule has 3 heteroatoms. The summed E-state index contributed by atoms with van der Waals surface area (Å²) in [4.78, 5) is 12.8. The molecule has 0 amide bonds. The molecule has 0 aliphatic carbocycles. The molecule has 0 spiro atoms. The minimum absolute atomic E-state index is 0.107. The van der Waals surface area contributed by atoms with E-state index in [2.05, 4.69) is 11.8 Å². The minimum Gasteiger partial charge on any atom is -0.497 e. The summed E-state index contributed by atoms with van der Waals surface area (Å²) in [7, 11) is 3.26. The first-order chi connectivity index (χ1) is 12.2. The molecule has 0 saturated heterocycles. The van der Waals surface area contributed by atoms with Gasteiger partial charge in [0.1, 0.15) is 11.5 Å². The van der Waals surface area contributed by atoms with Crippen molar-refractivity contribution in [1.29, 1.82) is 0 Å². The van der Waals surface area contributed by atoms with Gasteiger partial charge in [0, 0.05) is 0 Å². The molecule has 0 aliphatic rings. The molecule has 2 aromatic rings. The Morgan fingerprint density at radius 1 is 0.769 bits per heavy atom. The average molecular weight is 350 g/mol. The standard InChI is InChI=1S/C23H26O3/c1-22(2,17-7-11-19(25-5)12-8-17)16-15-21(24)23(3,4)18-9-13-20(26-6)14-10-18/h7-14H,1-6H3. The number of carbonyl (C=O) groups excluding carboxylic acids is 1. The molecule has 0 heterocycles. The highest BCUT2D eigenvalue weighted by Crippen LogP contribution is 2.27. The van der Waals surface area contributed by atoms with Gasteiger partial charge in [-0.3, -0.25) is 4.79 Å². The van der Waals surface area contributed by atoms with Crippen LogP contribution in [-0.2, 0) is 15.6 Å². The van der Waals surface area contributed by atoms with Crippen LogP contribution in [0.1, 0.15) is 38.8 Å². The zero-order chi connectivity index (χ0) is 19.4. The molecule has 2 rings (SSSR count). The average Bonchev–Trinajstić information content (AvgIpc) is 2.66. The summed E-state index contributed by atoms with van der Waals surface area (Å²) in [5.41, 5.74) is 0.841. The molecule has 0 bridgehead atoms. The van der Waals surface area contributed by atoms with Gasteiger partial charge in [-0.05, 0) is 69.0 Å². The van der Waals surface area contributed by atoms with Gasteiger partial charge in [-0.1, -0.05) is 30.2 Å². The summed E-state index contributed by atoms with van der Waals surface area (Å²) in [6.07, 6.45) is 0. The van der Waals surface area contributed by atoms with Crippen LogP contribution in [0.2, 0.25) is 0 Å². The van der Waals surface area contributed by atoms with Crippen LogP contribution >= 0.6 is 0 Å². The predicted molar refractivity (Wildman–Crippen MR) is 105 cm³/mol. The van der Waals surface area contributed by atoms with E-state index in [0.29, 0.717) is 0 Å². The molecule has 0 unspecified atom stereocenters. The number of hydrogen-bond acceptors (Lipinski definition) is 3. The molecule has 0 aromatic heterocycles. The smallest absolute Gasteiger partial charge is 0.215 e. The van der Waals surface area contributed by atoms with Crippen LogP contribution in [0.25, 0.3) is 0 Å². The Labute approximate surface area is 156 Å². The Morgan fingerprint density at radius 2 is 1.19 bits per heavy atom. The van der Waals surface area contributed by atoms with Crippen molar-refractivity contribution in [2.24, 2.45) is 0 Å². The van der Waals surface area contributed by atoms with Crippen LogP contribution in [0.3, 0.4) is 0 Å². The van der Waals surface area contributed by atoms with E-state index in [1.54, 1.807) is 14.2 Å². The molecular formula is C23H26O3. The second-order valence-corrected chi connectivity index (χ2v) is 7.29. The van der Waals surface area contributed by atoms with Crippen molar-refractivity contribution in [3.8, 4) is 23.3 Å². The number of benzene rings is 2. The first-order valence-electron chi connectivity index (χ1n) is 8.57. The molecular weight excluding hydrogens is 324 g/mol. The van der Waals surface area contributed by atoms with Crippen LogP contribution in [0, 0.1) is 11.8 Å². The molecule has 26 heavy (non-hydrogen) atoms. The maximum absolute atomic E-state index is 12.8. The van der Waals surface area contributed by atoms with Gasteiger partial charge in [0.25, 0.3) is 0 Å². The largest absolute Gasteiger partial charge is 0.497 e. The van der Waals surface area contributed by atoms with E-state index < -0.39 is 10.8 Å². The fourth-order valence-corrected chi connectivity index (χ4v) is 2.59. The fourth-order valence-electron chi connectivity index (χ4n) is 2.59. The highest BCUT2D eigenvalue weighted by molar-refractivity contribution is 6.03. The predicted octanol–water partition coefficient (Wildman–Crippen LogP) is 4.53. The molecule has 0 N–H and O–H groups in total. The lowest BCUT2D eigenvalue weighted by atomic mass is 9.79. The SMILES string of the molecule is COc1ccc(C(C)(C)C#CC(=O)C(C)(C)c2ccc(OC)cc2)cc1. The van der Waals surface area contributed by atoms with Crippen LogP contribution < -0.4 is 9.47 Å². The molecule has 0 atom stereocenters. The molecule has 0 aliphatic heterocycles. The van der Waals surface area contributed by atoms with Gasteiger partial charge >= 0.3 is 0 Å². The lowest BCUT2D eigenvalue weighted by Gasteiger charge is -2.22. The van der Waals surface area contributed by atoms with Gasteiger partial charge in [-0.15, -0.1) is 0 Å². The Hall–Kier alpha value is -2.73. The fraction of sp³-hybridized carbons (Fsp3) is 0.348. The Balaban J connectivity index is 2.23. The number of carbonyl (C=O) groups is 1. The van der Waals surface area contributed by atoms with Gasteiger partial charge in [0.15, 0.2) is 0 Å². The van der Waals surface area contributed by atoms with E-state index >= 15 is 0 Å². The summed E-state index contributed by atoms with van der Waals surface area (Å²) >= 11 is 0. The third-order valence-corrected chi connectivity index (χ3v) is 4.68. The van der Waals surface area contributed by atoms with E-state index in [1.807, 2.05) is 76.2 Å². The van der Waals surface area contributed by atoms with E-state index in [0.717, 1.165) is 22.6 Å². The Morgan fingerprint density at radius 3 is 1.62 bits per heavy atom. The zero-order valence-electron chi connectivity index (χ0n) is 16.3. The zero-order valence-corrected chi connectivity index (χ0v) is 16.3. The van der Waals surface area contributed by atoms with Crippen molar-refractivity contribution < 1.29 is 14.3 Å². The first-order valence-corrected chi connectivity index (χ1v) is 8.57. The highest BCUT2D eigenvalue weighted by Gasteiger charge is 2.29. The second-order valence-electron chi connectivity index (χ2n) is 7.29. The first kappa shape index (κ1) is 19.6. The van der Waals surface area contributed by atoms with Crippen molar-refractivity contribution in [3.05, 3.63) is 59.7 Å². The van der Waals surface area contributed by atoms with E-state index in [1.165, 1.54) is 0 Å². The minimum atomic E-state index is -0.685. The summed E-state index contributed by atoms with van der Waals surface area (Å²) in [6, 6.07) is 15.3. The number of rotatable bonds is 5. The normalized spacial score (nSPS) is 11.3. The summed E-state index contributed by atoms with van der Waals surface area (Å²) < 4.78 is 10.4. The third kappa shape index (κ3) is 4.26. The van der Waals surface area contributed by atoms with Crippen molar-refractivity contribution in [3.63, 3.8) is 0 Å². The molecule has 2 aromatic carbocycles. The van der Waals surface area contributed by atoms with Crippen molar-refractivity contribution in [1.82, 2.24) is 0 Å². The van der Waals surface area contributed by atoms with E-state index in [-0.39, 0.29) is 5.78 Å². The van der Waals surface area contributed by atoms with Gasteiger partial charge in [0.2, 0.25) is 5.78 Å². The maximum atomic E-state index is 12.8. The lowest BCUT2D eigenvalue weighted by molar-refractivity contribution is -0.117. The number of Topliss-reactive ketones (excluding diaryl/α,β-unsaturated/α-hetero) is 1. The molecule has 3 nitrogen and oxygen atoms in total. The van der Waals surface area contributed by atoms with Crippen LogP contribution in [0.15, 0.2) is 48.5 Å². The topological polar surface area (TPSA) is 35.5 Å². The summed E-state index contributed by atoms with van der Waals surface area (Å²) in [6.45, 7) is 7.81. The number of hydrogen-bond donors (Lipinski definition) is 0. The summed E-state index contributed by atoms with van der Waals surface area (Å²) in [5.74, 6) is 7.47. The lowest BCUT2D eigenvalue weighted by Crippen LogP contribution is -2.28.